The highest BCUT2D eigenvalue weighted by Crippen LogP contribution is 2.30. The molecule has 1 aromatic heterocycles. The summed E-state index contributed by atoms with van der Waals surface area (Å²) in [7, 11) is 0. The molecule has 1 aromatic carbocycles. The van der Waals surface area contributed by atoms with E-state index in [1.165, 1.54) is 17.0 Å². The van der Waals surface area contributed by atoms with Crippen LogP contribution >= 0.6 is 0 Å². The SMILES string of the molecule is CCC1(CC)CC(=O)N(Cc2cc(F)cc(C(=O)N3Cc4nccnc4C3)c2)C(N)=N1. The van der Waals surface area contributed by atoms with E-state index in [1.807, 2.05) is 13.8 Å². The first-order valence-electron chi connectivity index (χ1n) is 10.4. The van der Waals surface area contributed by atoms with Gasteiger partial charge in [0.05, 0.1) is 43.0 Å². The predicted octanol–water partition coefficient (Wildman–Crippen LogP) is 2.38. The average molecular weight is 424 g/mol. The number of aromatic nitrogens is 2. The van der Waals surface area contributed by atoms with Crippen LogP contribution in [-0.2, 0) is 24.4 Å². The molecule has 0 atom stereocenters. The molecule has 2 amide bonds. The molecule has 162 valence electrons. The number of guanidine groups is 1. The van der Waals surface area contributed by atoms with Crippen molar-refractivity contribution in [3.63, 3.8) is 0 Å². The van der Waals surface area contributed by atoms with E-state index in [2.05, 4.69) is 15.0 Å². The van der Waals surface area contributed by atoms with Gasteiger partial charge in [-0.3, -0.25) is 24.5 Å². The van der Waals surface area contributed by atoms with Crippen LogP contribution in [0.2, 0.25) is 0 Å². The number of carbonyl (C=O) groups excluding carboxylic acids is 2. The Labute approximate surface area is 180 Å². The lowest BCUT2D eigenvalue weighted by molar-refractivity contribution is -0.130. The van der Waals surface area contributed by atoms with E-state index in [0.29, 0.717) is 31.5 Å². The third kappa shape index (κ3) is 3.99. The lowest BCUT2D eigenvalue weighted by Gasteiger charge is -2.36. The molecule has 2 N–H and O–H groups in total. The number of hydrogen-bond acceptors (Lipinski definition) is 6. The minimum Gasteiger partial charge on any atom is -0.369 e. The first kappa shape index (κ1) is 20.9. The number of rotatable bonds is 5. The largest absolute Gasteiger partial charge is 0.369 e. The highest BCUT2D eigenvalue weighted by atomic mass is 19.1. The Bertz CT molecular complexity index is 1040. The van der Waals surface area contributed by atoms with Crippen molar-refractivity contribution in [1.82, 2.24) is 19.8 Å². The Morgan fingerprint density at radius 3 is 2.35 bits per heavy atom. The summed E-state index contributed by atoms with van der Waals surface area (Å²) in [5.74, 6) is -0.891. The minimum atomic E-state index is -0.551. The first-order chi connectivity index (χ1) is 14.8. The Morgan fingerprint density at radius 2 is 1.77 bits per heavy atom. The first-order valence-corrected chi connectivity index (χ1v) is 10.4. The zero-order chi connectivity index (χ0) is 22.2. The molecule has 0 saturated carbocycles. The van der Waals surface area contributed by atoms with Gasteiger partial charge in [0.15, 0.2) is 5.96 Å². The van der Waals surface area contributed by atoms with Gasteiger partial charge >= 0.3 is 0 Å². The van der Waals surface area contributed by atoms with E-state index in [4.69, 9.17) is 5.73 Å². The van der Waals surface area contributed by atoms with Crippen molar-refractivity contribution in [2.75, 3.05) is 0 Å². The van der Waals surface area contributed by atoms with Crippen molar-refractivity contribution in [3.05, 3.63) is 58.9 Å². The summed E-state index contributed by atoms with van der Waals surface area (Å²) in [5.41, 5.74) is 7.79. The van der Waals surface area contributed by atoms with Gasteiger partial charge in [-0.2, -0.15) is 0 Å². The van der Waals surface area contributed by atoms with Gasteiger partial charge in [0.2, 0.25) is 5.91 Å². The van der Waals surface area contributed by atoms with Crippen molar-refractivity contribution < 1.29 is 14.0 Å². The molecule has 2 aliphatic rings. The quantitative estimate of drug-likeness (QED) is 0.793. The highest BCUT2D eigenvalue weighted by Gasteiger charge is 2.37. The van der Waals surface area contributed by atoms with Crippen LogP contribution in [0.4, 0.5) is 4.39 Å². The summed E-state index contributed by atoms with van der Waals surface area (Å²) < 4.78 is 14.4. The zero-order valence-corrected chi connectivity index (χ0v) is 17.6. The number of hydrogen-bond donors (Lipinski definition) is 1. The van der Waals surface area contributed by atoms with Crippen molar-refractivity contribution >= 4 is 17.8 Å². The lowest BCUT2D eigenvalue weighted by atomic mass is 9.88. The highest BCUT2D eigenvalue weighted by molar-refractivity contribution is 5.99. The van der Waals surface area contributed by atoms with Gasteiger partial charge in [-0.1, -0.05) is 13.8 Å². The van der Waals surface area contributed by atoms with Crippen LogP contribution in [0, 0.1) is 5.82 Å². The molecule has 0 unspecified atom stereocenters. The number of benzene rings is 1. The maximum atomic E-state index is 14.4. The summed E-state index contributed by atoms with van der Waals surface area (Å²) in [6, 6.07) is 4.10. The van der Waals surface area contributed by atoms with E-state index in [0.717, 1.165) is 11.4 Å². The van der Waals surface area contributed by atoms with Crippen LogP contribution in [0.1, 0.15) is 60.4 Å². The molecule has 4 rings (SSSR count). The van der Waals surface area contributed by atoms with Gasteiger partial charge in [-0.15, -0.1) is 0 Å². The molecule has 0 saturated heterocycles. The van der Waals surface area contributed by atoms with E-state index >= 15 is 0 Å². The smallest absolute Gasteiger partial charge is 0.254 e. The maximum Gasteiger partial charge on any atom is 0.254 e. The molecule has 0 fully saturated rings. The molecular weight excluding hydrogens is 399 g/mol. The number of fused-ring (bicyclic) bond motifs is 1. The number of aliphatic imine (C=N–C) groups is 1. The van der Waals surface area contributed by atoms with Gasteiger partial charge in [0, 0.05) is 18.0 Å². The number of carbonyl (C=O) groups is 2. The summed E-state index contributed by atoms with van der Waals surface area (Å²) in [5, 5.41) is 0. The summed E-state index contributed by atoms with van der Waals surface area (Å²) in [6.45, 7) is 4.67. The van der Waals surface area contributed by atoms with Gasteiger partial charge in [0.1, 0.15) is 5.82 Å². The van der Waals surface area contributed by atoms with Crippen molar-refractivity contribution in [1.29, 1.82) is 0 Å². The third-order valence-electron chi connectivity index (χ3n) is 6.10. The Kier molecular flexibility index (Phi) is 5.43. The number of halogens is 1. The zero-order valence-electron chi connectivity index (χ0n) is 17.6. The number of nitrogens with two attached hydrogens (primary N) is 1. The fourth-order valence-corrected chi connectivity index (χ4v) is 4.13. The maximum absolute atomic E-state index is 14.4. The fraction of sp³-hybridized carbons (Fsp3) is 0.409. The minimum absolute atomic E-state index is 0.0546. The van der Waals surface area contributed by atoms with Gasteiger partial charge in [0.25, 0.3) is 5.91 Å². The third-order valence-corrected chi connectivity index (χ3v) is 6.10. The Morgan fingerprint density at radius 1 is 1.13 bits per heavy atom. The molecule has 3 heterocycles. The molecular formula is C22H25FN6O2. The van der Waals surface area contributed by atoms with Crippen LogP contribution in [0.5, 0.6) is 0 Å². The Hall–Kier alpha value is -3.36. The van der Waals surface area contributed by atoms with E-state index < -0.39 is 11.4 Å². The second kappa shape index (κ2) is 8.05. The van der Waals surface area contributed by atoms with Crippen LogP contribution in [0.3, 0.4) is 0 Å². The van der Waals surface area contributed by atoms with Crippen LogP contribution in [0.25, 0.3) is 0 Å². The van der Waals surface area contributed by atoms with Gasteiger partial charge < -0.3 is 10.6 Å². The molecule has 9 heteroatoms. The summed E-state index contributed by atoms with van der Waals surface area (Å²) in [6.07, 6.45) is 4.85. The van der Waals surface area contributed by atoms with E-state index in [-0.39, 0.29) is 36.3 Å². The fourth-order valence-electron chi connectivity index (χ4n) is 4.13. The molecule has 0 aliphatic carbocycles. The monoisotopic (exact) mass is 424 g/mol. The van der Waals surface area contributed by atoms with E-state index in [9.17, 15) is 14.0 Å². The van der Waals surface area contributed by atoms with Crippen LogP contribution in [0.15, 0.2) is 35.6 Å². The van der Waals surface area contributed by atoms with Crippen molar-refractivity contribution in [2.24, 2.45) is 10.7 Å². The standard InChI is InChI=1S/C22H25FN6O2/c1-3-22(4-2)10-19(30)29(21(24)27-22)11-14-7-15(9-16(23)8-14)20(31)28-12-17-18(13-28)26-6-5-25-17/h5-9H,3-4,10-13H2,1-2H3,(H2,24,27). The van der Waals surface area contributed by atoms with Gasteiger partial charge in [-0.25, -0.2) is 9.38 Å². The predicted molar refractivity (Wildman–Crippen MR) is 112 cm³/mol. The molecule has 31 heavy (non-hydrogen) atoms. The van der Waals surface area contributed by atoms with Crippen LogP contribution < -0.4 is 5.73 Å². The molecule has 2 aliphatic heterocycles. The Balaban J connectivity index is 1.55. The molecule has 0 radical (unpaired) electrons. The lowest BCUT2D eigenvalue weighted by Crippen LogP contribution is -2.50. The second-order valence-electron chi connectivity index (χ2n) is 8.02. The summed E-state index contributed by atoms with van der Waals surface area (Å²) in [4.78, 5) is 41.7. The molecule has 8 nitrogen and oxygen atoms in total. The summed E-state index contributed by atoms with van der Waals surface area (Å²) >= 11 is 0. The average Bonchev–Trinajstić information content (AvgIpc) is 3.19. The normalized spacial score (nSPS) is 17.5. The molecule has 0 spiro atoms. The number of amides is 2. The molecule has 2 aromatic rings. The van der Waals surface area contributed by atoms with Crippen LogP contribution in [-0.4, -0.2) is 43.1 Å². The van der Waals surface area contributed by atoms with Crippen molar-refractivity contribution in [3.8, 4) is 0 Å². The number of nitrogens with zero attached hydrogens (tertiary/aromatic N) is 5. The molecule has 0 bridgehead atoms. The topological polar surface area (TPSA) is 105 Å². The second-order valence-corrected chi connectivity index (χ2v) is 8.02. The van der Waals surface area contributed by atoms with Gasteiger partial charge in [-0.05, 0) is 36.6 Å². The van der Waals surface area contributed by atoms with Crippen molar-refractivity contribution in [2.45, 2.75) is 58.3 Å². The van der Waals surface area contributed by atoms with E-state index in [1.54, 1.807) is 23.4 Å².